The van der Waals surface area contributed by atoms with Crippen LogP contribution in [0, 0.1) is 18.8 Å². The van der Waals surface area contributed by atoms with E-state index in [1.807, 2.05) is 11.3 Å². The van der Waals surface area contributed by atoms with Crippen molar-refractivity contribution in [3.63, 3.8) is 0 Å². The third kappa shape index (κ3) is 6.03. The van der Waals surface area contributed by atoms with Gasteiger partial charge in [0.2, 0.25) is 0 Å². The second kappa shape index (κ2) is 8.35. The van der Waals surface area contributed by atoms with Gasteiger partial charge in [-0.25, -0.2) is 0 Å². The maximum atomic E-state index is 3.64. The molecule has 1 atom stereocenters. The van der Waals surface area contributed by atoms with Crippen molar-refractivity contribution in [2.75, 3.05) is 13.1 Å². The molecule has 0 fully saturated rings. The first-order chi connectivity index (χ1) is 10.1. The van der Waals surface area contributed by atoms with Crippen LogP contribution in [0.25, 0.3) is 0 Å². The maximum Gasteiger partial charge on any atom is 0.00485 e. The predicted octanol–water partition coefficient (Wildman–Crippen LogP) is 4.70. The molecule has 114 valence electrons. The van der Waals surface area contributed by atoms with Gasteiger partial charge < -0.3 is 5.32 Å². The average Bonchev–Trinajstić information content (AvgIpc) is 2.91. The Bertz CT molecular complexity index is 516. The lowest BCUT2D eigenvalue weighted by atomic mass is 9.94. The van der Waals surface area contributed by atoms with Crippen molar-refractivity contribution in [3.05, 3.63) is 57.8 Å². The Labute approximate surface area is 133 Å². The summed E-state index contributed by atoms with van der Waals surface area (Å²) < 4.78 is 0. The molecule has 0 saturated heterocycles. The zero-order valence-electron chi connectivity index (χ0n) is 13.4. The number of rotatable bonds is 8. The zero-order valence-corrected chi connectivity index (χ0v) is 14.2. The van der Waals surface area contributed by atoms with Gasteiger partial charge in [-0.3, -0.25) is 0 Å². The molecule has 2 rings (SSSR count). The van der Waals surface area contributed by atoms with Crippen LogP contribution >= 0.6 is 11.3 Å². The summed E-state index contributed by atoms with van der Waals surface area (Å²) in [5.41, 5.74) is 2.82. The summed E-state index contributed by atoms with van der Waals surface area (Å²) in [6.45, 7) is 8.91. The van der Waals surface area contributed by atoms with Crippen LogP contribution in [0.1, 0.15) is 29.9 Å². The van der Waals surface area contributed by atoms with Crippen molar-refractivity contribution in [2.24, 2.45) is 11.8 Å². The molecule has 2 heteroatoms. The number of benzene rings is 1. The molecular formula is C19H27NS. The van der Waals surface area contributed by atoms with E-state index < -0.39 is 0 Å². The zero-order chi connectivity index (χ0) is 15.1. The van der Waals surface area contributed by atoms with Gasteiger partial charge in [0.05, 0.1) is 0 Å². The van der Waals surface area contributed by atoms with Crippen molar-refractivity contribution in [3.8, 4) is 0 Å². The minimum absolute atomic E-state index is 0.671. The Morgan fingerprint density at radius 3 is 2.57 bits per heavy atom. The van der Waals surface area contributed by atoms with E-state index in [1.54, 1.807) is 0 Å². The minimum Gasteiger partial charge on any atom is -0.316 e. The highest BCUT2D eigenvalue weighted by molar-refractivity contribution is 7.09. The highest BCUT2D eigenvalue weighted by atomic mass is 32.1. The van der Waals surface area contributed by atoms with E-state index in [0.717, 1.165) is 19.5 Å². The second-order valence-electron chi connectivity index (χ2n) is 6.39. The highest BCUT2D eigenvalue weighted by Crippen LogP contribution is 2.18. The van der Waals surface area contributed by atoms with Gasteiger partial charge in [-0.15, -0.1) is 11.3 Å². The lowest BCUT2D eigenvalue weighted by molar-refractivity contribution is 0.447. The summed E-state index contributed by atoms with van der Waals surface area (Å²) in [7, 11) is 0. The Hall–Kier alpha value is -1.12. The molecule has 0 radical (unpaired) electrons. The smallest absolute Gasteiger partial charge is 0.00485 e. The molecule has 1 N–H and O–H groups in total. The van der Waals surface area contributed by atoms with E-state index in [0.29, 0.717) is 11.8 Å². The van der Waals surface area contributed by atoms with Gasteiger partial charge in [0, 0.05) is 4.88 Å². The lowest BCUT2D eigenvalue weighted by Gasteiger charge is -2.18. The molecule has 0 aliphatic heterocycles. The molecule has 2 aromatic rings. The van der Waals surface area contributed by atoms with Crippen LogP contribution in [0.4, 0.5) is 0 Å². The molecule has 0 aliphatic carbocycles. The van der Waals surface area contributed by atoms with Crippen LogP contribution < -0.4 is 5.32 Å². The number of aryl methyl sites for hydroxylation is 1. The maximum absolute atomic E-state index is 3.64. The van der Waals surface area contributed by atoms with Gasteiger partial charge in [0.15, 0.2) is 0 Å². The van der Waals surface area contributed by atoms with E-state index >= 15 is 0 Å². The van der Waals surface area contributed by atoms with E-state index in [2.05, 4.69) is 67.9 Å². The number of hydrogen-bond acceptors (Lipinski definition) is 2. The molecule has 21 heavy (non-hydrogen) atoms. The summed E-state index contributed by atoms with van der Waals surface area (Å²) in [5, 5.41) is 5.82. The fourth-order valence-electron chi connectivity index (χ4n) is 2.68. The fourth-order valence-corrected chi connectivity index (χ4v) is 3.50. The number of nitrogens with one attached hydrogen (secondary N) is 1. The van der Waals surface area contributed by atoms with Gasteiger partial charge in [0.1, 0.15) is 0 Å². The number of hydrogen-bond donors (Lipinski definition) is 1. The first-order valence-corrected chi connectivity index (χ1v) is 8.80. The molecule has 0 spiro atoms. The molecule has 0 amide bonds. The SMILES string of the molecule is Cc1cccc(CC(CNCC(C)C)Cc2cccs2)c1. The van der Waals surface area contributed by atoms with Gasteiger partial charge in [-0.2, -0.15) is 0 Å². The standard InChI is InChI=1S/C19H27NS/c1-15(2)13-20-14-18(12-19-8-5-9-21-19)11-17-7-4-6-16(3)10-17/h4-10,15,18,20H,11-14H2,1-3H3. The van der Waals surface area contributed by atoms with Gasteiger partial charge in [-0.1, -0.05) is 49.7 Å². The summed E-state index contributed by atoms with van der Waals surface area (Å²) in [5.74, 6) is 1.38. The van der Waals surface area contributed by atoms with Crippen molar-refractivity contribution >= 4 is 11.3 Å². The first-order valence-electron chi connectivity index (χ1n) is 7.92. The molecule has 1 aromatic heterocycles. The van der Waals surface area contributed by atoms with E-state index in [4.69, 9.17) is 0 Å². The normalized spacial score (nSPS) is 12.8. The van der Waals surface area contributed by atoms with E-state index in [-0.39, 0.29) is 0 Å². The van der Waals surface area contributed by atoms with Gasteiger partial charge >= 0.3 is 0 Å². The Morgan fingerprint density at radius 1 is 1.05 bits per heavy atom. The van der Waals surface area contributed by atoms with Crippen molar-refractivity contribution < 1.29 is 0 Å². The topological polar surface area (TPSA) is 12.0 Å². The third-order valence-electron chi connectivity index (χ3n) is 3.66. The van der Waals surface area contributed by atoms with Gasteiger partial charge in [-0.05, 0) is 61.7 Å². The molecule has 0 bridgehead atoms. The highest BCUT2D eigenvalue weighted by Gasteiger charge is 2.12. The molecule has 1 nitrogen and oxygen atoms in total. The molecule has 1 aromatic carbocycles. The quantitative estimate of drug-likeness (QED) is 0.745. The van der Waals surface area contributed by atoms with Crippen molar-refractivity contribution in [1.29, 1.82) is 0 Å². The Kier molecular flexibility index (Phi) is 6.47. The first kappa shape index (κ1) is 16.3. The fraction of sp³-hybridized carbons (Fsp3) is 0.474. The minimum atomic E-state index is 0.671. The molecular weight excluding hydrogens is 274 g/mol. The van der Waals surface area contributed by atoms with Crippen LogP contribution in [-0.4, -0.2) is 13.1 Å². The van der Waals surface area contributed by atoms with E-state index in [9.17, 15) is 0 Å². The largest absolute Gasteiger partial charge is 0.316 e. The summed E-state index contributed by atoms with van der Waals surface area (Å²) in [6, 6.07) is 13.4. The summed E-state index contributed by atoms with van der Waals surface area (Å²) in [4.78, 5) is 1.50. The van der Waals surface area contributed by atoms with Crippen molar-refractivity contribution in [2.45, 2.75) is 33.6 Å². The van der Waals surface area contributed by atoms with Crippen molar-refractivity contribution in [1.82, 2.24) is 5.32 Å². The monoisotopic (exact) mass is 301 g/mol. The number of thiophene rings is 1. The molecule has 1 unspecified atom stereocenters. The summed E-state index contributed by atoms with van der Waals surface area (Å²) in [6.07, 6.45) is 2.33. The Morgan fingerprint density at radius 2 is 1.90 bits per heavy atom. The van der Waals surface area contributed by atoms with Gasteiger partial charge in [0.25, 0.3) is 0 Å². The lowest BCUT2D eigenvalue weighted by Crippen LogP contribution is -2.28. The van der Waals surface area contributed by atoms with Crippen LogP contribution in [0.15, 0.2) is 41.8 Å². The van der Waals surface area contributed by atoms with Crippen LogP contribution in [0.2, 0.25) is 0 Å². The van der Waals surface area contributed by atoms with Crippen LogP contribution in [0.5, 0.6) is 0 Å². The molecule has 0 saturated carbocycles. The molecule has 0 aliphatic rings. The Balaban J connectivity index is 1.96. The molecule has 1 heterocycles. The van der Waals surface area contributed by atoms with E-state index in [1.165, 1.54) is 22.4 Å². The predicted molar refractivity (Wildman–Crippen MR) is 94.1 cm³/mol. The second-order valence-corrected chi connectivity index (χ2v) is 7.43. The van der Waals surface area contributed by atoms with Crippen LogP contribution in [0.3, 0.4) is 0 Å². The third-order valence-corrected chi connectivity index (χ3v) is 4.56. The van der Waals surface area contributed by atoms with Crippen LogP contribution in [-0.2, 0) is 12.8 Å². The summed E-state index contributed by atoms with van der Waals surface area (Å²) >= 11 is 1.88. The average molecular weight is 301 g/mol.